The summed E-state index contributed by atoms with van der Waals surface area (Å²) in [6.07, 6.45) is 0.661. The molecule has 1 aromatic heterocycles. The lowest BCUT2D eigenvalue weighted by Crippen LogP contribution is -2.32. The predicted molar refractivity (Wildman–Crippen MR) is 98.5 cm³/mol. The van der Waals surface area contributed by atoms with Gasteiger partial charge in [-0.2, -0.15) is 0 Å². The highest BCUT2D eigenvalue weighted by Crippen LogP contribution is 2.35. The highest BCUT2D eigenvalue weighted by atomic mass is 19.1. The van der Waals surface area contributed by atoms with Gasteiger partial charge in [0.05, 0.1) is 10.5 Å². The van der Waals surface area contributed by atoms with E-state index < -0.39 is 22.4 Å². The molecule has 0 unspecified atom stereocenters. The first-order valence-corrected chi connectivity index (χ1v) is 8.14. The van der Waals surface area contributed by atoms with Crippen molar-refractivity contribution in [3.63, 3.8) is 0 Å². The Kier molecular flexibility index (Phi) is 5.63. The van der Waals surface area contributed by atoms with Gasteiger partial charge in [-0.25, -0.2) is 14.2 Å². The third kappa shape index (κ3) is 4.90. The third-order valence-corrected chi connectivity index (χ3v) is 3.64. The zero-order valence-corrected chi connectivity index (χ0v) is 15.5. The number of amides is 1. The Balaban J connectivity index is 2.32. The number of nitrogens with two attached hydrogens (primary N) is 1. The summed E-state index contributed by atoms with van der Waals surface area (Å²) < 4.78 is 19.6. The van der Waals surface area contributed by atoms with Crippen LogP contribution in [0.5, 0.6) is 0 Å². The van der Waals surface area contributed by atoms with E-state index >= 15 is 0 Å². The fourth-order valence-electron chi connectivity index (χ4n) is 2.53. The number of nitrogens with one attached hydrogen (secondary N) is 1. The molecule has 0 bridgehead atoms. The van der Waals surface area contributed by atoms with Crippen molar-refractivity contribution in [3.8, 4) is 11.1 Å². The van der Waals surface area contributed by atoms with Crippen LogP contribution < -0.4 is 11.1 Å². The second kappa shape index (κ2) is 7.56. The summed E-state index contributed by atoms with van der Waals surface area (Å²) in [6.45, 7) is 6.77. The molecule has 1 aromatic carbocycles. The number of carbonyl (C=O) groups excluding carboxylic acids is 1. The summed E-state index contributed by atoms with van der Waals surface area (Å²) in [4.78, 5) is 26.1. The largest absolute Gasteiger partial charge is 0.444 e. The Morgan fingerprint density at radius 3 is 2.63 bits per heavy atom. The van der Waals surface area contributed by atoms with Gasteiger partial charge in [0.2, 0.25) is 5.82 Å². The number of rotatable bonds is 4. The number of nitrogen functional groups attached to an aromatic ring is 1. The van der Waals surface area contributed by atoms with Crippen molar-refractivity contribution in [2.24, 2.45) is 0 Å². The second-order valence-electron chi connectivity index (χ2n) is 6.96. The number of hydrogen-bond donors (Lipinski definition) is 2. The SMILES string of the molecule is Cc1cc(CNC(=O)OC(C)(C)C)c(F)cc1-c1ccnc(N)c1[N+](=O)[O-]. The highest BCUT2D eigenvalue weighted by Gasteiger charge is 2.23. The van der Waals surface area contributed by atoms with Crippen LogP contribution in [0.25, 0.3) is 11.1 Å². The molecule has 3 N–H and O–H groups in total. The number of ether oxygens (including phenoxy) is 1. The molecule has 0 saturated heterocycles. The van der Waals surface area contributed by atoms with Crippen LogP contribution in [0.2, 0.25) is 0 Å². The van der Waals surface area contributed by atoms with Gasteiger partial charge >= 0.3 is 11.8 Å². The number of pyridine rings is 1. The van der Waals surface area contributed by atoms with E-state index in [2.05, 4.69) is 10.3 Å². The number of anilines is 1. The van der Waals surface area contributed by atoms with E-state index in [-0.39, 0.29) is 29.2 Å². The van der Waals surface area contributed by atoms with E-state index in [0.29, 0.717) is 11.1 Å². The molecule has 0 aliphatic carbocycles. The fraction of sp³-hybridized carbons (Fsp3) is 0.333. The molecule has 0 aliphatic rings. The first-order valence-electron chi connectivity index (χ1n) is 8.14. The number of nitro groups is 1. The summed E-state index contributed by atoms with van der Waals surface area (Å²) in [7, 11) is 0. The number of halogens is 1. The van der Waals surface area contributed by atoms with Gasteiger partial charge in [0.25, 0.3) is 0 Å². The van der Waals surface area contributed by atoms with Gasteiger partial charge in [-0.15, -0.1) is 0 Å². The minimum Gasteiger partial charge on any atom is -0.444 e. The number of carbonyl (C=O) groups is 1. The van der Waals surface area contributed by atoms with Crippen molar-refractivity contribution >= 4 is 17.6 Å². The molecule has 2 rings (SSSR count). The number of aryl methyl sites for hydroxylation is 1. The van der Waals surface area contributed by atoms with Gasteiger partial charge in [-0.1, -0.05) is 6.07 Å². The maximum atomic E-state index is 14.5. The van der Waals surface area contributed by atoms with Gasteiger partial charge in [0.15, 0.2) is 0 Å². The van der Waals surface area contributed by atoms with Gasteiger partial charge in [0, 0.05) is 18.3 Å². The molecule has 1 amide bonds. The number of hydrogen-bond acceptors (Lipinski definition) is 6. The minimum absolute atomic E-state index is 0.0809. The summed E-state index contributed by atoms with van der Waals surface area (Å²) >= 11 is 0. The highest BCUT2D eigenvalue weighted by molar-refractivity contribution is 5.81. The van der Waals surface area contributed by atoms with Crippen molar-refractivity contribution in [2.75, 3.05) is 5.73 Å². The summed E-state index contributed by atoms with van der Waals surface area (Å²) in [6, 6.07) is 4.11. The van der Waals surface area contributed by atoms with Crippen LogP contribution in [0.3, 0.4) is 0 Å². The minimum atomic E-state index is -0.666. The number of alkyl carbamates (subject to hydrolysis) is 1. The smallest absolute Gasteiger partial charge is 0.407 e. The Hall–Kier alpha value is -3.23. The number of aromatic nitrogens is 1. The van der Waals surface area contributed by atoms with Crippen LogP contribution in [0.4, 0.5) is 20.7 Å². The normalized spacial score (nSPS) is 11.1. The molecule has 27 heavy (non-hydrogen) atoms. The molecular formula is C18H21FN4O4. The van der Waals surface area contributed by atoms with E-state index in [1.165, 1.54) is 24.4 Å². The van der Waals surface area contributed by atoms with Gasteiger partial charge in [-0.05, 0) is 51.0 Å². The average molecular weight is 376 g/mol. The first kappa shape index (κ1) is 20.1. The Morgan fingerprint density at radius 1 is 1.37 bits per heavy atom. The first-order chi connectivity index (χ1) is 12.5. The Morgan fingerprint density at radius 2 is 2.04 bits per heavy atom. The molecule has 1 heterocycles. The fourth-order valence-corrected chi connectivity index (χ4v) is 2.53. The van der Waals surface area contributed by atoms with E-state index in [0.717, 1.165) is 0 Å². The monoisotopic (exact) mass is 376 g/mol. The lowest BCUT2D eigenvalue weighted by Gasteiger charge is -2.20. The number of benzene rings is 1. The Bertz CT molecular complexity index is 894. The summed E-state index contributed by atoms with van der Waals surface area (Å²) in [5.74, 6) is -0.857. The molecule has 144 valence electrons. The van der Waals surface area contributed by atoms with Crippen LogP contribution in [0.1, 0.15) is 31.9 Å². The van der Waals surface area contributed by atoms with E-state index in [1.807, 2.05) is 0 Å². The van der Waals surface area contributed by atoms with Gasteiger partial charge in [0.1, 0.15) is 11.4 Å². The van der Waals surface area contributed by atoms with Crippen molar-refractivity contribution in [2.45, 2.75) is 39.8 Å². The maximum absolute atomic E-state index is 14.5. The predicted octanol–water partition coefficient (Wildman–Crippen LogP) is 3.71. The van der Waals surface area contributed by atoms with Crippen LogP contribution in [-0.4, -0.2) is 21.6 Å². The van der Waals surface area contributed by atoms with Gasteiger partial charge < -0.3 is 15.8 Å². The Labute approximate surface area is 155 Å². The lowest BCUT2D eigenvalue weighted by molar-refractivity contribution is -0.383. The average Bonchev–Trinajstić information content (AvgIpc) is 2.53. The zero-order chi connectivity index (χ0) is 20.4. The van der Waals surface area contributed by atoms with E-state index in [1.54, 1.807) is 27.7 Å². The standard InChI is InChI=1S/C18H21FN4O4/c1-10-7-11(9-22-17(24)27-18(2,3)4)14(19)8-13(10)12-5-6-21-16(20)15(12)23(25)26/h5-8H,9H2,1-4H3,(H2,20,21)(H,22,24). The maximum Gasteiger partial charge on any atom is 0.407 e. The molecule has 0 atom stereocenters. The molecular weight excluding hydrogens is 355 g/mol. The molecule has 0 fully saturated rings. The van der Waals surface area contributed by atoms with E-state index in [9.17, 15) is 19.3 Å². The topological polar surface area (TPSA) is 120 Å². The van der Waals surface area contributed by atoms with Crippen LogP contribution in [0, 0.1) is 22.9 Å². The van der Waals surface area contributed by atoms with Crippen LogP contribution in [0.15, 0.2) is 24.4 Å². The van der Waals surface area contributed by atoms with E-state index in [4.69, 9.17) is 10.5 Å². The molecule has 0 aliphatic heterocycles. The lowest BCUT2D eigenvalue weighted by atomic mass is 9.97. The van der Waals surface area contributed by atoms with Crippen molar-refractivity contribution in [1.82, 2.24) is 10.3 Å². The summed E-state index contributed by atoms with van der Waals surface area (Å²) in [5, 5.41) is 13.8. The molecule has 2 aromatic rings. The molecule has 0 radical (unpaired) electrons. The van der Waals surface area contributed by atoms with Crippen LogP contribution >= 0.6 is 0 Å². The molecule has 8 nitrogen and oxygen atoms in total. The molecule has 9 heteroatoms. The van der Waals surface area contributed by atoms with Crippen molar-refractivity contribution < 1.29 is 18.8 Å². The molecule has 0 saturated carbocycles. The quantitative estimate of drug-likeness (QED) is 0.620. The zero-order valence-electron chi connectivity index (χ0n) is 15.5. The number of nitrogens with zero attached hydrogens (tertiary/aromatic N) is 2. The van der Waals surface area contributed by atoms with Gasteiger partial charge in [-0.3, -0.25) is 10.1 Å². The van der Waals surface area contributed by atoms with Crippen LogP contribution in [-0.2, 0) is 11.3 Å². The second-order valence-corrected chi connectivity index (χ2v) is 6.96. The summed E-state index contributed by atoms with van der Waals surface area (Å²) in [5.41, 5.74) is 5.88. The van der Waals surface area contributed by atoms with Crippen molar-refractivity contribution in [1.29, 1.82) is 0 Å². The third-order valence-electron chi connectivity index (χ3n) is 3.64. The van der Waals surface area contributed by atoms with Crippen molar-refractivity contribution in [3.05, 3.63) is 51.5 Å². The molecule has 0 spiro atoms.